The van der Waals surface area contributed by atoms with Crippen molar-refractivity contribution in [2.75, 3.05) is 19.6 Å². The lowest BCUT2D eigenvalue weighted by Crippen LogP contribution is -2.40. The fraction of sp³-hybridized carbons (Fsp3) is 0.714. The van der Waals surface area contributed by atoms with E-state index in [0.717, 1.165) is 5.92 Å². The molecule has 3 rings (SSSR count). The summed E-state index contributed by atoms with van der Waals surface area (Å²) in [5.74, 6) is 0.816. The summed E-state index contributed by atoms with van der Waals surface area (Å²) in [6.07, 6.45) is 11.0. The Morgan fingerprint density at radius 3 is 2.78 bits per heavy atom. The average Bonchev–Trinajstić information content (AvgIpc) is 2.69. The first-order valence-corrected chi connectivity index (χ1v) is 9.44. The van der Waals surface area contributed by atoms with E-state index in [1.807, 2.05) is 0 Å². The molecule has 0 bridgehead atoms. The minimum absolute atomic E-state index is 0. The van der Waals surface area contributed by atoms with E-state index in [4.69, 9.17) is 0 Å². The van der Waals surface area contributed by atoms with E-state index in [0.29, 0.717) is 5.41 Å². The lowest BCUT2D eigenvalue weighted by Gasteiger charge is -2.38. The number of aryl methyl sites for hydroxylation is 1. The highest BCUT2D eigenvalue weighted by Crippen LogP contribution is 2.34. The number of hydrogen-bond acceptors (Lipinski definition) is 1. The minimum atomic E-state index is 0. The molecular formula is C21H34ClN. The number of fused-ring (bicyclic) bond motifs is 1. The molecule has 1 aliphatic carbocycles. The van der Waals surface area contributed by atoms with E-state index in [1.54, 1.807) is 11.1 Å². The van der Waals surface area contributed by atoms with Crippen molar-refractivity contribution in [3.05, 3.63) is 35.4 Å². The first-order chi connectivity index (χ1) is 10.6. The Balaban J connectivity index is 0.00000192. The monoisotopic (exact) mass is 335 g/mol. The van der Waals surface area contributed by atoms with Crippen molar-refractivity contribution in [2.24, 2.45) is 5.41 Å². The zero-order chi connectivity index (χ0) is 15.4. The Morgan fingerprint density at radius 2 is 1.96 bits per heavy atom. The van der Waals surface area contributed by atoms with Crippen molar-refractivity contribution in [1.82, 2.24) is 4.90 Å². The van der Waals surface area contributed by atoms with Gasteiger partial charge in [0.15, 0.2) is 0 Å². The fourth-order valence-electron chi connectivity index (χ4n) is 4.62. The van der Waals surface area contributed by atoms with Gasteiger partial charge in [0.1, 0.15) is 0 Å². The maximum absolute atomic E-state index is 2.71. The molecule has 1 aromatic carbocycles. The number of benzene rings is 1. The second kappa shape index (κ2) is 8.53. The van der Waals surface area contributed by atoms with Gasteiger partial charge in [-0.05, 0) is 80.5 Å². The molecule has 1 fully saturated rings. The van der Waals surface area contributed by atoms with Gasteiger partial charge in [0, 0.05) is 6.54 Å². The van der Waals surface area contributed by atoms with Crippen LogP contribution in [0.5, 0.6) is 0 Å². The van der Waals surface area contributed by atoms with Crippen LogP contribution < -0.4 is 0 Å². The first kappa shape index (κ1) is 18.8. The Morgan fingerprint density at radius 1 is 1.13 bits per heavy atom. The summed E-state index contributed by atoms with van der Waals surface area (Å²) in [5.41, 5.74) is 3.83. The zero-order valence-corrected chi connectivity index (χ0v) is 15.8. The summed E-state index contributed by atoms with van der Waals surface area (Å²) < 4.78 is 0. The van der Waals surface area contributed by atoms with Gasteiger partial charge >= 0.3 is 0 Å². The van der Waals surface area contributed by atoms with Crippen molar-refractivity contribution in [3.63, 3.8) is 0 Å². The maximum atomic E-state index is 2.71. The maximum Gasteiger partial charge on any atom is 0.00327 e. The molecule has 2 aliphatic rings. The zero-order valence-electron chi connectivity index (χ0n) is 15.0. The second-order valence-electron chi connectivity index (χ2n) is 8.33. The summed E-state index contributed by atoms with van der Waals surface area (Å²) in [6, 6.07) is 9.22. The molecule has 1 saturated heterocycles. The Hall–Kier alpha value is -0.530. The topological polar surface area (TPSA) is 3.24 Å². The molecule has 1 aliphatic heterocycles. The third kappa shape index (κ3) is 5.22. The summed E-state index contributed by atoms with van der Waals surface area (Å²) in [4.78, 5) is 2.71. The predicted molar refractivity (Wildman–Crippen MR) is 103 cm³/mol. The number of rotatable bonds is 4. The Kier molecular flexibility index (Phi) is 6.98. The SMILES string of the molecule is CC1(C)CCCN(CCCC2CCCCc3ccccc32)C1.Cl. The van der Waals surface area contributed by atoms with Crippen molar-refractivity contribution < 1.29 is 0 Å². The number of hydrogen-bond donors (Lipinski definition) is 0. The highest BCUT2D eigenvalue weighted by atomic mass is 35.5. The second-order valence-corrected chi connectivity index (χ2v) is 8.33. The molecule has 1 heterocycles. The van der Waals surface area contributed by atoms with Crippen molar-refractivity contribution in [1.29, 1.82) is 0 Å². The average molecular weight is 336 g/mol. The van der Waals surface area contributed by atoms with E-state index >= 15 is 0 Å². The van der Waals surface area contributed by atoms with Gasteiger partial charge in [-0.15, -0.1) is 12.4 Å². The quantitative estimate of drug-likeness (QED) is 0.626. The van der Waals surface area contributed by atoms with Crippen LogP contribution in [-0.4, -0.2) is 24.5 Å². The van der Waals surface area contributed by atoms with Crippen LogP contribution >= 0.6 is 12.4 Å². The van der Waals surface area contributed by atoms with Gasteiger partial charge in [0.25, 0.3) is 0 Å². The minimum Gasteiger partial charge on any atom is -0.303 e. The van der Waals surface area contributed by atoms with Crippen molar-refractivity contribution in [2.45, 2.75) is 71.1 Å². The van der Waals surface area contributed by atoms with E-state index in [-0.39, 0.29) is 12.4 Å². The lowest BCUT2D eigenvalue weighted by molar-refractivity contribution is 0.115. The largest absolute Gasteiger partial charge is 0.303 e. The van der Waals surface area contributed by atoms with Gasteiger partial charge in [-0.1, -0.05) is 44.5 Å². The van der Waals surface area contributed by atoms with Crippen LogP contribution in [0.3, 0.4) is 0 Å². The summed E-state index contributed by atoms with van der Waals surface area (Å²) >= 11 is 0. The van der Waals surface area contributed by atoms with Gasteiger partial charge in [-0.2, -0.15) is 0 Å². The van der Waals surface area contributed by atoms with Crippen molar-refractivity contribution in [3.8, 4) is 0 Å². The number of piperidine rings is 1. The van der Waals surface area contributed by atoms with Gasteiger partial charge in [-0.25, -0.2) is 0 Å². The van der Waals surface area contributed by atoms with Crippen LogP contribution in [0.4, 0.5) is 0 Å². The van der Waals surface area contributed by atoms with E-state index in [2.05, 4.69) is 43.0 Å². The summed E-state index contributed by atoms with van der Waals surface area (Å²) in [7, 11) is 0. The number of nitrogens with zero attached hydrogens (tertiary/aromatic N) is 1. The smallest absolute Gasteiger partial charge is 0.00327 e. The molecule has 1 unspecified atom stereocenters. The molecule has 130 valence electrons. The molecule has 0 amide bonds. The molecule has 0 aromatic heterocycles. The molecular weight excluding hydrogens is 302 g/mol. The molecule has 1 aromatic rings. The lowest BCUT2D eigenvalue weighted by atomic mass is 9.84. The molecule has 2 heteroatoms. The molecule has 0 saturated carbocycles. The standard InChI is InChI=1S/C21H33N.ClH/c1-21(2)14-8-16-22(17-21)15-7-12-19-10-4-3-9-18-11-5-6-13-20(18)19;/h5-6,11,13,19H,3-4,7-10,12,14-17H2,1-2H3;1H. The summed E-state index contributed by atoms with van der Waals surface area (Å²) in [5, 5.41) is 0. The normalized spacial score (nSPS) is 24.3. The van der Waals surface area contributed by atoms with Crippen LogP contribution in [-0.2, 0) is 6.42 Å². The molecule has 23 heavy (non-hydrogen) atoms. The van der Waals surface area contributed by atoms with E-state index < -0.39 is 0 Å². The third-order valence-electron chi connectivity index (χ3n) is 5.75. The van der Waals surface area contributed by atoms with Crippen LogP contribution in [0.1, 0.15) is 75.8 Å². The molecule has 0 spiro atoms. The number of likely N-dealkylation sites (tertiary alicyclic amines) is 1. The summed E-state index contributed by atoms with van der Waals surface area (Å²) in [6.45, 7) is 8.79. The molecule has 0 radical (unpaired) electrons. The Bertz CT molecular complexity index is 482. The third-order valence-corrected chi connectivity index (χ3v) is 5.75. The van der Waals surface area contributed by atoms with Gasteiger partial charge in [0.05, 0.1) is 0 Å². The van der Waals surface area contributed by atoms with Crippen LogP contribution in [0.2, 0.25) is 0 Å². The highest BCUT2D eigenvalue weighted by Gasteiger charge is 2.26. The van der Waals surface area contributed by atoms with Crippen molar-refractivity contribution >= 4 is 12.4 Å². The first-order valence-electron chi connectivity index (χ1n) is 9.44. The highest BCUT2D eigenvalue weighted by molar-refractivity contribution is 5.85. The van der Waals surface area contributed by atoms with Gasteiger partial charge in [0.2, 0.25) is 0 Å². The van der Waals surface area contributed by atoms with Crippen LogP contribution in [0, 0.1) is 5.41 Å². The van der Waals surface area contributed by atoms with Crippen LogP contribution in [0.25, 0.3) is 0 Å². The van der Waals surface area contributed by atoms with Crippen LogP contribution in [0.15, 0.2) is 24.3 Å². The predicted octanol–water partition coefficient (Wildman–Crippen LogP) is 5.82. The van der Waals surface area contributed by atoms with E-state index in [9.17, 15) is 0 Å². The number of halogens is 1. The molecule has 0 N–H and O–H groups in total. The fourth-order valence-corrected chi connectivity index (χ4v) is 4.62. The molecule has 1 atom stereocenters. The van der Waals surface area contributed by atoms with Gasteiger partial charge in [-0.3, -0.25) is 0 Å². The molecule has 1 nitrogen and oxygen atoms in total. The Labute approximate surface area is 149 Å². The van der Waals surface area contributed by atoms with E-state index in [1.165, 1.54) is 71.0 Å². The van der Waals surface area contributed by atoms with Gasteiger partial charge < -0.3 is 4.90 Å².